The van der Waals surface area contributed by atoms with E-state index in [2.05, 4.69) is 38.5 Å². The molecule has 0 aromatic heterocycles. The molecule has 6 amide bonds. The fourth-order valence-electron chi connectivity index (χ4n) is 10.3. The van der Waals surface area contributed by atoms with Crippen molar-refractivity contribution in [1.82, 2.24) is 36.8 Å². The third kappa shape index (κ3) is 18.2. The van der Waals surface area contributed by atoms with Crippen LogP contribution in [0.2, 0.25) is 0 Å². The van der Waals surface area contributed by atoms with E-state index < -0.39 is 143 Å². The van der Waals surface area contributed by atoms with E-state index in [4.69, 9.17) is 37.9 Å². The van der Waals surface area contributed by atoms with Crippen LogP contribution in [-0.2, 0) is 42.7 Å². The van der Waals surface area contributed by atoms with E-state index in [1.165, 1.54) is 20.9 Å². The number of hydrogen-bond donors (Lipinski definition) is 10. The maximum absolute atomic E-state index is 14.3. The van der Waals surface area contributed by atoms with Crippen LogP contribution in [0.5, 0.6) is 0 Å². The fourth-order valence-corrected chi connectivity index (χ4v) is 10.3. The van der Waals surface area contributed by atoms with E-state index in [-0.39, 0.29) is 49.9 Å². The van der Waals surface area contributed by atoms with E-state index in [0.717, 1.165) is 4.90 Å². The number of rotatable bonds is 15. The Hall–Kier alpha value is -5.18. The van der Waals surface area contributed by atoms with Crippen molar-refractivity contribution in [3.8, 4) is 0 Å². The maximum Gasteiger partial charge on any atom is 0.412 e. The van der Waals surface area contributed by atoms with Crippen molar-refractivity contribution in [2.45, 2.75) is 236 Å². The average Bonchev–Trinajstić information content (AvgIpc) is 3.21. The highest BCUT2D eigenvalue weighted by Gasteiger charge is 2.58. The second kappa shape index (κ2) is 24.7. The molecule has 0 radical (unpaired) electrons. The Morgan fingerprint density at radius 3 is 1.78 bits per heavy atom. The lowest BCUT2D eigenvalue weighted by Gasteiger charge is -2.52. The number of ether oxygens (including phenoxy) is 8. The molecule has 2 heterocycles. The fraction of sp³-hybridized carbons (Fsp3) is 0.811. The second-order valence-electron chi connectivity index (χ2n) is 25.7. The predicted octanol–water partition coefficient (Wildman–Crippen LogP) is 3.45. The zero-order valence-corrected chi connectivity index (χ0v) is 48.1. The van der Waals surface area contributed by atoms with Gasteiger partial charge in [-0.1, -0.05) is 6.58 Å². The molecular weight excluding hydrogens is 1020 g/mol. The Kier molecular flexibility index (Phi) is 20.1. The molecule has 444 valence electrons. The van der Waals surface area contributed by atoms with Gasteiger partial charge in [0.1, 0.15) is 57.7 Å². The normalized spacial score (nSPS) is 33.1. The molecular formula is C53H89N7O18. The summed E-state index contributed by atoms with van der Waals surface area (Å²) in [6.45, 7) is 27.0. The summed E-state index contributed by atoms with van der Waals surface area (Å²) in [7, 11) is 1.32. The first kappa shape index (κ1) is 63.6. The highest BCUT2D eigenvalue weighted by Crippen LogP contribution is 2.40. The van der Waals surface area contributed by atoms with E-state index in [9.17, 15) is 49.2 Å². The Labute approximate surface area is 457 Å². The Balaban J connectivity index is 1.49. The summed E-state index contributed by atoms with van der Waals surface area (Å²) in [6, 6.07) is -5.62. The van der Waals surface area contributed by atoms with Gasteiger partial charge in [0.15, 0.2) is 6.29 Å². The van der Waals surface area contributed by atoms with Gasteiger partial charge in [-0.3, -0.25) is 4.79 Å². The van der Waals surface area contributed by atoms with E-state index in [0.29, 0.717) is 25.1 Å². The summed E-state index contributed by atoms with van der Waals surface area (Å²) in [6.07, 6.45) is -9.56. The van der Waals surface area contributed by atoms with Gasteiger partial charge in [0.25, 0.3) is 5.91 Å². The lowest BCUT2D eigenvalue weighted by molar-refractivity contribution is -0.306. The number of hydrogen-bond acceptors (Lipinski definition) is 19. The van der Waals surface area contributed by atoms with Crippen LogP contribution >= 0.6 is 0 Å². The monoisotopic (exact) mass is 1110 g/mol. The van der Waals surface area contributed by atoms with Gasteiger partial charge < -0.3 is 95.1 Å². The molecule has 5 rings (SSSR count). The molecule has 25 heteroatoms. The Bertz CT molecular complexity index is 2190. The number of nitrogens with zero attached hydrogens (tertiary/aromatic N) is 1. The van der Waals surface area contributed by atoms with Gasteiger partial charge in [-0.2, -0.15) is 0 Å². The first-order chi connectivity index (χ1) is 35.7. The molecule has 1 saturated heterocycles. The number of nitrogens with one attached hydrogen (secondary N) is 6. The molecule has 3 saturated carbocycles. The molecule has 0 spiro atoms. The molecule has 1 unspecified atom stereocenters. The van der Waals surface area contributed by atoms with Crippen LogP contribution in [0.25, 0.3) is 0 Å². The van der Waals surface area contributed by atoms with Gasteiger partial charge in [-0.05, 0) is 141 Å². The van der Waals surface area contributed by atoms with Crippen LogP contribution in [0.1, 0.15) is 135 Å². The van der Waals surface area contributed by atoms with Crippen LogP contribution in [0, 0.1) is 11.8 Å². The third-order valence-electron chi connectivity index (χ3n) is 13.5. The van der Waals surface area contributed by atoms with Crippen molar-refractivity contribution in [2.75, 3.05) is 26.7 Å². The van der Waals surface area contributed by atoms with Crippen molar-refractivity contribution in [3.63, 3.8) is 0 Å². The smallest absolute Gasteiger partial charge is 0.412 e. The highest BCUT2D eigenvalue weighted by molar-refractivity contribution is 5.87. The Morgan fingerprint density at radius 1 is 0.718 bits per heavy atom. The third-order valence-corrected chi connectivity index (χ3v) is 13.5. The zero-order valence-electron chi connectivity index (χ0n) is 48.1. The van der Waals surface area contributed by atoms with Gasteiger partial charge in [-0.15, -0.1) is 0 Å². The minimum absolute atomic E-state index is 0.0577. The summed E-state index contributed by atoms with van der Waals surface area (Å²) in [5.74, 6) is -1.49. The van der Waals surface area contributed by atoms with E-state index in [1.807, 2.05) is 0 Å². The molecule has 0 aromatic carbocycles. The number of carbonyl (C=O) groups is 6. The lowest BCUT2D eigenvalue weighted by Crippen LogP contribution is -2.72. The number of likely N-dealkylation sites (N-methyl/N-ethyl adjacent to an activating group) is 1. The molecule has 10 N–H and O–H groups in total. The van der Waals surface area contributed by atoms with Gasteiger partial charge in [-0.25, -0.2) is 24.0 Å². The summed E-state index contributed by atoms with van der Waals surface area (Å²) in [4.78, 5) is 81.0. The van der Waals surface area contributed by atoms with Crippen LogP contribution in [-0.4, -0.2) is 189 Å². The van der Waals surface area contributed by atoms with Crippen molar-refractivity contribution in [1.29, 1.82) is 0 Å². The van der Waals surface area contributed by atoms with Crippen LogP contribution < -0.4 is 31.9 Å². The summed E-state index contributed by atoms with van der Waals surface area (Å²) >= 11 is 0. The van der Waals surface area contributed by atoms with E-state index >= 15 is 0 Å². The van der Waals surface area contributed by atoms with Gasteiger partial charge >= 0.3 is 30.5 Å². The number of aliphatic hydroxyl groups excluding tert-OH is 2. The molecule has 3 aliphatic carbocycles. The van der Waals surface area contributed by atoms with Crippen LogP contribution in [0.3, 0.4) is 0 Å². The highest BCUT2D eigenvalue weighted by atomic mass is 16.7. The molecule has 0 bridgehead atoms. The number of carbonyl (C=O) groups excluding carboxylic acids is 6. The first-order valence-corrected chi connectivity index (χ1v) is 26.7. The number of amides is 6. The topological polar surface area (TPSA) is 333 Å². The van der Waals surface area contributed by atoms with Gasteiger partial charge in [0.05, 0.1) is 43.1 Å². The van der Waals surface area contributed by atoms with E-state index in [1.54, 1.807) is 89.2 Å². The molecule has 0 aromatic rings. The standard InChI is InChI=1S/C53H89N7O18/c1-27(2)72-43(64)58-32-18-17-31(25-54-24-28-19-29(20-28)55-44(65)75-48(3,4)5)73-38(32)35-33(59-46(67)77-50(9,10)11)21-34(57-42(63)53(70)22-30(23-53)56-45(66)76-49(6,7)8)39(36(35)61)74-41-37(62)40(52(15,69)26-71-41)60(16)47(68)78-51(12,13)14/h17,28-30,32-41,54,61-62,69-70H,1,18-26H2,2-16H3,(H,55,65)(H,56,66)(H,57,63)(H,58,64)(H,59,67)/t28?,29?,30?,32-,33+,34-,35-,36+,37-,38?,39+,40-,41-,52+,53?/m1/s1. The molecule has 78 heavy (non-hydrogen) atoms. The Morgan fingerprint density at radius 2 is 1.24 bits per heavy atom. The van der Waals surface area contributed by atoms with Crippen molar-refractivity contribution in [3.05, 3.63) is 24.2 Å². The SMILES string of the molecule is C=C(C)OC(=O)N[C@@H]1CC=C(CNCC2CC(NC(=O)OC(C)(C)C)C2)OC1[C@H]1[C@H](O)[C@@H](O[C@H]2OC[C@](C)(O)[C@H](N(C)C(=O)OC(C)(C)C)[C@H]2O)[C@H](NC(=O)C2(O)CC(NC(=O)OC(C)(C)C)C2)C[C@@H]1NC(=O)OC(C)(C)C. The minimum Gasteiger partial charge on any atom is -0.491 e. The van der Waals surface area contributed by atoms with Crippen LogP contribution in [0.4, 0.5) is 24.0 Å². The molecule has 2 aliphatic heterocycles. The average molecular weight is 1110 g/mol. The van der Waals surface area contributed by atoms with Crippen molar-refractivity contribution in [2.24, 2.45) is 11.8 Å². The molecule has 5 aliphatic rings. The van der Waals surface area contributed by atoms with Gasteiger partial charge in [0.2, 0.25) is 0 Å². The largest absolute Gasteiger partial charge is 0.491 e. The number of aliphatic hydroxyl groups is 4. The lowest BCUT2D eigenvalue weighted by atomic mass is 9.71. The van der Waals surface area contributed by atoms with Crippen LogP contribution in [0.15, 0.2) is 24.2 Å². The first-order valence-electron chi connectivity index (χ1n) is 26.7. The zero-order chi connectivity index (χ0) is 58.7. The molecule has 25 nitrogen and oxygen atoms in total. The second-order valence-corrected chi connectivity index (χ2v) is 25.7. The van der Waals surface area contributed by atoms with Crippen molar-refractivity contribution < 1.29 is 87.1 Å². The van der Waals surface area contributed by atoms with Crippen molar-refractivity contribution >= 4 is 36.4 Å². The number of alkyl carbamates (subject to hydrolysis) is 4. The minimum atomic E-state index is -2.05. The maximum atomic E-state index is 14.3. The molecule has 11 atom stereocenters. The summed E-state index contributed by atoms with van der Waals surface area (Å²) < 4.78 is 46.6. The summed E-state index contributed by atoms with van der Waals surface area (Å²) in [5, 5.41) is 65.8. The summed E-state index contributed by atoms with van der Waals surface area (Å²) in [5.41, 5.74) is -7.35. The number of allylic oxidation sites excluding steroid dienone is 1. The van der Waals surface area contributed by atoms with Gasteiger partial charge in [0, 0.05) is 43.9 Å². The quantitative estimate of drug-likeness (QED) is 0.0829. The predicted molar refractivity (Wildman–Crippen MR) is 280 cm³/mol. The molecule has 4 fully saturated rings.